The van der Waals surface area contributed by atoms with Gasteiger partial charge in [-0.1, -0.05) is 65.4 Å². The lowest BCUT2D eigenvalue weighted by Gasteiger charge is -2.03. The molecule has 0 aliphatic heterocycles. The lowest BCUT2D eigenvalue weighted by atomic mass is 10.2. The number of halogens is 1. The summed E-state index contributed by atoms with van der Waals surface area (Å²) < 4.78 is 0. The molecular weight excluding hydrogens is 316 g/mol. The summed E-state index contributed by atoms with van der Waals surface area (Å²) in [6, 6.07) is 17.0. The minimum atomic E-state index is -0.251. The topological polar surface area (TPSA) is 42.0 Å². The first-order valence-corrected chi connectivity index (χ1v) is 7.93. The van der Waals surface area contributed by atoms with Crippen LogP contribution in [0.25, 0.3) is 10.4 Å². The Labute approximate surface area is 137 Å². The van der Waals surface area contributed by atoms with E-state index in [2.05, 4.69) is 10.3 Å². The third kappa shape index (κ3) is 3.03. The largest absolute Gasteiger partial charge is 0.298 e. The quantitative estimate of drug-likeness (QED) is 0.733. The zero-order valence-corrected chi connectivity index (χ0v) is 13.4. The number of anilines is 1. The summed E-state index contributed by atoms with van der Waals surface area (Å²) in [5.74, 6) is -0.251. The highest BCUT2D eigenvalue weighted by Gasteiger charge is 2.14. The zero-order valence-electron chi connectivity index (χ0n) is 11.8. The van der Waals surface area contributed by atoms with Crippen molar-refractivity contribution >= 4 is 34.0 Å². The first-order valence-electron chi connectivity index (χ1n) is 6.74. The van der Waals surface area contributed by atoms with Crippen LogP contribution in [-0.2, 0) is 0 Å². The molecule has 3 nitrogen and oxygen atoms in total. The van der Waals surface area contributed by atoms with Crippen LogP contribution in [0.5, 0.6) is 0 Å². The van der Waals surface area contributed by atoms with Crippen LogP contribution >= 0.6 is 22.9 Å². The van der Waals surface area contributed by atoms with Crippen LogP contribution in [-0.4, -0.2) is 10.9 Å². The normalized spacial score (nSPS) is 10.5. The Morgan fingerprint density at radius 2 is 1.77 bits per heavy atom. The highest BCUT2D eigenvalue weighted by Crippen LogP contribution is 2.32. The van der Waals surface area contributed by atoms with Crippen LogP contribution in [0.2, 0.25) is 5.02 Å². The zero-order chi connectivity index (χ0) is 15.5. The van der Waals surface area contributed by atoms with E-state index in [0.29, 0.717) is 15.7 Å². The fourth-order valence-electron chi connectivity index (χ4n) is 2.12. The fraction of sp³-hybridized carbons (Fsp3) is 0.0588. The molecule has 22 heavy (non-hydrogen) atoms. The summed E-state index contributed by atoms with van der Waals surface area (Å²) >= 11 is 7.50. The maximum atomic E-state index is 12.3. The third-order valence-electron chi connectivity index (χ3n) is 3.17. The highest BCUT2D eigenvalue weighted by atomic mass is 35.5. The van der Waals surface area contributed by atoms with E-state index in [-0.39, 0.29) is 5.91 Å². The smallest absolute Gasteiger partial charge is 0.258 e. The number of amides is 1. The number of aromatic nitrogens is 1. The number of nitrogens with zero attached hydrogens (tertiary/aromatic N) is 1. The van der Waals surface area contributed by atoms with Crippen molar-refractivity contribution in [2.75, 3.05) is 5.32 Å². The summed E-state index contributed by atoms with van der Waals surface area (Å²) in [7, 11) is 0. The van der Waals surface area contributed by atoms with Crippen molar-refractivity contribution in [2.24, 2.45) is 0 Å². The van der Waals surface area contributed by atoms with Gasteiger partial charge < -0.3 is 0 Å². The van der Waals surface area contributed by atoms with E-state index in [9.17, 15) is 4.79 Å². The molecule has 1 heterocycles. The number of aryl methyl sites for hydroxylation is 1. The van der Waals surface area contributed by atoms with Gasteiger partial charge in [-0.3, -0.25) is 10.1 Å². The molecule has 3 rings (SSSR count). The first-order chi connectivity index (χ1) is 10.6. The molecule has 0 bridgehead atoms. The third-order valence-corrected chi connectivity index (χ3v) is 4.62. The SMILES string of the molecule is Cc1nc(NC(=O)c2ccccc2Cl)sc1-c1ccccc1. The van der Waals surface area contributed by atoms with Crippen molar-refractivity contribution in [1.29, 1.82) is 0 Å². The average molecular weight is 329 g/mol. The number of hydrogen-bond acceptors (Lipinski definition) is 3. The predicted octanol–water partition coefficient (Wildman–Crippen LogP) is 5.02. The maximum Gasteiger partial charge on any atom is 0.258 e. The minimum Gasteiger partial charge on any atom is -0.298 e. The summed E-state index contributed by atoms with van der Waals surface area (Å²) in [6.07, 6.45) is 0. The molecule has 3 aromatic rings. The summed E-state index contributed by atoms with van der Waals surface area (Å²) in [5.41, 5.74) is 2.43. The van der Waals surface area contributed by atoms with Crippen LogP contribution in [0.15, 0.2) is 54.6 Å². The first kappa shape index (κ1) is 14.8. The van der Waals surface area contributed by atoms with Crippen LogP contribution in [0, 0.1) is 6.92 Å². The Bertz CT molecular complexity index is 815. The molecule has 1 aromatic heterocycles. The number of carbonyl (C=O) groups excluding carboxylic acids is 1. The highest BCUT2D eigenvalue weighted by molar-refractivity contribution is 7.19. The van der Waals surface area contributed by atoms with Crippen molar-refractivity contribution in [3.63, 3.8) is 0 Å². The van der Waals surface area contributed by atoms with Crippen molar-refractivity contribution in [3.05, 3.63) is 70.9 Å². The number of hydrogen-bond donors (Lipinski definition) is 1. The van der Waals surface area contributed by atoms with Gasteiger partial charge in [-0.25, -0.2) is 4.98 Å². The Morgan fingerprint density at radius 1 is 1.09 bits per heavy atom. The van der Waals surface area contributed by atoms with E-state index >= 15 is 0 Å². The average Bonchev–Trinajstić information content (AvgIpc) is 2.89. The van der Waals surface area contributed by atoms with E-state index in [1.165, 1.54) is 11.3 Å². The van der Waals surface area contributed by atoms with Gasteiger partial charge in [0, 0.05) is 0 Å². The molecule has 5 heteroatoms. The second kappa shape index (κ2) is 6.30. The minimum absolute atomic E-state index is 0.251. The van der Waals surface area contributed by atoms with Crippen molar-refractivity contribution in [1.82, 2.24) is 4.98 Å². The van der Waals surface area contributed by atoms with Gasteiger partial charge in [0.1, 0.15) is 0 Å². The molecule has 0 unspecified atom stereocenters. The molecule has 0 spiro atoms. The number of nitrogens with one attached hydrogen (secondary N) is 1. The van der Waals surface area contributed by atoms with Gasteiger partial charge in [0.2, 0.25) is 0 Å². The fourth-order valence-corrected chi connectivity index (χ4v) is 3.31. The Morgan fingerprint density at radius 3 is 2.50 bits per heavy atom. The number of thiazole rings is 1. The monoisotopic (exact) mass is 328 g/mol. The number of carbonyl (C=O) groups is 1. The van der Waals surface area contributed by atoms with Gasteiger partial charge in [-0.2, -0.15) is 0 Å². The second-order valence-electron chi connectivity index (χ2n) is 4.73. The van der Waals surface area contributed by atoms with Crippen LogP contribution in [0.3, 0.4) is 0 Å². The molecule has 110 valence electrons. The predicted molar refractivity (Wildman–Crippen MR) is 91.7 cm³/mol. The van der Waals surface area contributed by atoms with E-state index in [0.717, 1.165) is 16.1 Å². The molecule has 0 radical (unpaired) electrons. The van der Waals surface area contributed by atoms with Crippen molar-refractivity contribution < 1.29 is 4.79 Å². The molecule has 0 aliphatic rings. The summed E-state index contributed by atoms with van der Waals surface area (Å²) in [6.45, 7) is 1.93. The molecule has 0 saturated carbocycles. The molecule has 2 aromatic carbocycles. The molecule has 0 fully saturated rings. The molecule has 1 amide bonds. The van der Waals surface area contributed by atoms with E-state index in [1.54, 1.807) is 24.3 Å². The van der Waals surface area contributed by atoms with Crippen LogP contribution < -0.4 is 5.32 Å². The maximum absolute atomic E-state index is 12.3. The molecule has 1 N–H and O–H groups in total. The van der Waals surface area contributed by atoms with Gasteiger partial charge in [-0.05, 0) is 24.6 Å². The van der Waals surface area contributed by atoms with Crippen LogP contribution in [0.1, 0.15) is 16.1 Å². The lowest BCUT2D eigenvalue weighted by molar-refractivity contribution is 0.102. The second-order valence-corrected chi connectivity index (χ2v) is 6.14. The standard InChI is InChI=1S/C17H13ClN2OS/c1-11-15(12-7-3-2-4-8-12)22-17(19-11)20-16(21)13-9-5-6-10-14(13)18/h2-10H,1H3,(H,19,20,21). The Balaban J connectivity index is 1.86. The summed E-state index contributed by atoms with van der Waals surface area (Å²) in [5, 5.41) is 3.81. The molecule has 0 aliphatic carbocycles. The van der Waals surface area contributed by atoms with Crippen molar-refractivity contribution in [3.8, 4) is 10.4 Å². The van der Waals surface area contributed by atoms with E-state index < -0.39 is 0 Å². The molecular formula is C17H13ClN2OS. The molecule has 0 saturated heterocycles. The number of benzene rings is 2. The Kier molecular flexibility index (Phi) is 4.22. The van der Waals surface area contributed by atoms with E-state index in [4.69, 9.17) is 11.6 Å². The van der Waals surface area contributed by atoms with Gasteiger partial charge in [-0.15, -0.1) is 0 Å². The van der Waals surface area contributed by atoms with E-state index in [1.807, 2.05) is 37.3 Å². The molecule has 0 atom stereocenters. The van der Waals surface area contributed by atoms with Gasteiger partial charge in [0.25, 0.3) is 5.91 Å². The van der Waals surface area contributed by atoms with Gasteiger partial charge in [0.15, 0.2) is 5.13 Å². The van der Waals surface area contributed by atoms with Gasteiger partial charge >= 0.3 is 0 Å². The van der Waals surface area contributed by atoms with Gasteiger partial charge in [0.05, 0.1) is 21.2 Å². The lowest BCUT2D eigenvalue weighted by Crippen LogP contribution is -2.12. The van der Waals surface area contributed by atoms with Crippen LogP contribution in [0.4, 0.5) is 5.13 Å². The number of rotatable bonds is 3. The Hall–Kier alpha value is -2.17. The van der Waals surface area contributed by atoms with Crippen molar-refractivity contribution in [2.45, 2.75) is 6.92 Å². The summed E-state index contributed by atoms with van der Waals surface area (Å²) in [4.78, 5) is 17.7.